The lowest BCUT2D eigenvalue weighted by molar-refractivity contribution is -0.122. The Morgan fingerprint density at radius 3 is 2.30 bits per heavy atom. The summed E-state index contributed by atoms with van der Waals surface area (Å²) in [7, 11) is 0. The smallest absolute Gasteiger partial charge is 0.319 e. The van der Waals surface area contributed by atoms with Gasteiger partial charge in [-0.05, 0) is 55.9 Å². The normalized spacial score (nSPS) is 18.5. The standard InChI is InChI=1S/C20H30N4O3/c1-13-7-5-6-12-24(13)18(26)14-8-10-15(11-9-14)22-19(27)23-16(17(21)25)20(2,3)4/h8-11,13,16H,5-7,12H2,1-4H3,(H2,21,25)(H2,22,23,27)/t13-,16+/m0/s1. The molecule has 2 atom stereocenters. The number of amides is 4. The van der Waals surface area contributed by atoms with Crippen LogP contribution in [0, 0.1) is 5.41 Å². The van der Waals surface area contributed by atoms with Crippen LogP contribution in [-0.4, -0.2) is 41.4 Å². The molecule has 0 saturated carbocycles. The van der Waals surface area contributed by atoms with Crippen LogP contribution in [0.1, 0.15) is 57.3 Å². The lowest BCUT2D eigenvalue weighted by Crippen LogP contribution is -2.53. The molecule has 7 heteroatoms. The average Bonchev–Trinajstić information content (AvgIpc) is 2.59. The number of primary amides is 1. The topological polar surface area (TPSA) is 105 Å². The van der Waals surface area contributed by atoms with Crippen molar-refractivity contribution in [3.8, 4) is 0 Å². The van der Waals surface area contributed by atoms with Gasteiger partial charge in [0, 0.05) is 23.8 Å². The molecule has 1 fully saturated rings. The molecule has 1 aliphatic heterocycles. The Hall–Kier alpha value is -2.57. The Balaban J connectivity index is 1.99. The van der Waals surface area contributed by atoms with Gasteiger partial charge in [0.15, 0.2) is 0 Å². The number of nitrogens with one attached hydrogen (secondary N) is 2. The van der Waals surface area contributed by atoms with Crippen LogP contribution >= 0.6 is 0 Å². The van der Waals surface area contributed by atoms with E-state index < -0.39 is 23.4 Å². The van der Waals surface area contributed by atoms with Gasteiger partial charge in [-0.3, -0.25) is 9.59 Å². The maximum Gasteiger partial charge on any atom is 0.319 e. The van der Waals surface area contributed by atoms with Crippen molar-refractivity contribution < 1.29 is 14.4 Å². The van der Waals surface area contributed by atoms with Crippen molar-refractivity contribution in [2.24, 2.45) is 11.1 Å². The lowest BCUT2D eigenvalue weighted by atomic mass is 9.86. The van der Waals surface area contributed by atoms with Crippen LogP contribution in [0.5, 0.6) is 0 Å². The van der Waals surface area contributed by atoms with E-state index in [1.165, 1.54) is 0 Å². The molecule has 2 rings (SSSR count). The van der Waals surface area contributed by atoms with Gasteiger partial charge in [0.05, 0.1) is 0 Å². The van der Waals surface area contributed by atoms with Gasteiger partial charge in [-0.15, -0.1) is 0 Å². The van der Waals surface area contributed by atoms with Gasteiger partial charge in [0.2, 0.25) is 5.91 Å². The van der Waals surface area contributed by atoms with Crippen molar-refractivity contribution in [1.82, 2.24) is 10.2 Å². The van der Waals surface area contributed by atoms with Crippen molar-refractivity contribution in [3.05, 3.63) is 29.8 Å². The van der Waals surface area contributed by atoms with E-state index >= 15 is 0 Å². The number of hydrogen-bond acceptors (Lipinski definition) is 3. The van der Waals surface area contributed by atoms with Crippen molar-refractivity contribution in [2.75, 3.05) is 11.9 Å². The zero-order valence-electron chi connectivity index (χ0n) is 16.5. The highest BCUT2D eigenvalue weighted by molar-refractivity contribution is 5.96. The minimum Gasteiger partial charge on any atom is -0.368 e. The Labute approximate surface area is 160 Å². The number of rotatable bonds is 4. The van der Waals surface area contributed by atoms with Crippen LogP contribution in [0.25, 0.3) is 0 Å². The van der Waals surface area contributed by atoms with E-state index in [1.807, 2.05) is 25.7 Å². The van der Waals surface area contributed by atoms with Gasteiger partial charge in [-0.2, -0.15) is 0 Å². The SMILES string of the molecule is C[C@H]1CCCCN1C(=O)c1ccc(NC(=O)N[C@H](C(N)=O)C(C)(C)C)cc1. The minimum atomic E-state index is -0.793. The molecule has 1 heterocycles. The summed E-state index contributed by atoms with van der Waals surface area (Å²) in [6, 6.07) is 5.70. The Morgan fingerprint density at radius 2 is 1.78 bits per heavy atom. The molecule has 27 heavy (non-hydrogen) atoms. The first-order valence-corrected chi connectivity index (χ1v) is 9.37. The summed E-state index contributed by atoms with van der Waals surface area (Å²) in [5, 5.41) is 5.27. The molecule has 0 radical (unpaired) electrons. The highest BCUT2D eigenvalue weighted by atomic mass is 16.2. The molecular weight excluding hydrogens is 344 g/mol. The van der Waals surface area contributed by atoms with Gasteiger partial charge in [0.25, 0.3) is 5.91 Å². The predicted molar refractivity (Wildman–Crippen MR) is 105 cm³/mol. The van der Waals surface area contributed by atoms with E-state index in [2.05, 4.69) is 17.6 Å². The number of carbonyl (C=O) groups excluding carboxylic acids is 3. The molecule has 4 N–H and O–H groups in total. The van der Waals surface area contributed by atoms with Crippen LogP contribution in [-0.2, 0) is 4.79 Å². The van der Waals surface area contributed by atoms with Crippen molar-refractivity contribution in [1.29, 1.82) is 0 Å². The Bertz CT molecular complexity index is 694. The summed E-state index contributed by atoms with van der Waals surface area (Å²) in [4.78, 5) is 38.3. The summed E-state index contributed by atoms with van der Waals surface area (Å²) < 4.78 is 0. The largest absolute Gasteiger partial charge is 0.368 e. The molecule has 1 aliphatic rings. The molecule has 0 aromatic heterocycles. The molecule has 0 bridgehead atoms. The second-order valence-corrected chi connectivity index (χ2v) is 8.22. The summed E-state index contributed by atoms with van der Waals surface area (Å²) in [6.07, 6.45) is 3.22. The van der Waals surface area contributed by atoms with Crippen molar-refractivity contribution in [3.63, 3.8) is 0 Å². The number of benzene rings is 1. The Morgan fingerprint density at radius 1 is 1.15 bits per heavy atom. The third-order valence-electron chi connectivity index (χ3n) is 4.88. The van der Waals surface area contributed by atoms with Gasteiger partial charge in [-0.25, -0.2) is 4.79 Å². The predicted octanol–water partition coefficient (Wildman–Crippen LogP) is 2.72. The maximum atomic E-state index is 12.6. The summed E-state index contributed by atoms with van der Waals surface area (Å²) in [5.41, 5.74) is 6.01. The Kier molecular flexibility index (Phi) is 6.46. The highest BCUT2D eigenvalue weighted by Gasteiger charge is 2.31. The number of nitrogens with zero attached hydrogens (tertiary/aromatic N) is 1. The van der Waals surface area contributed by atoms with E-state index in [4.69, 9.17) is 5.73 Å². The number of carbonyl (C=O) groups is 3. The summed E-state index contributed by atoms with van der Waals surface area (Å²) >= 11 is 0. The summed E-state index contributed by atoms with van der Waals surface area (Å²) in [5.74, 6) is -0.575. The number of nitrogens with two attached hydrogens (primary N) is 1. The number of urea groups is 1. The molecule has 7 nitrogen and oxygen atoms in total. The first-order valence-electron chi connectivity index (χ1n) is 9.37. The fourth-order valence-electron chi connectivity index (χ4n) is 3.27. The van der Waals surface area contributed by atoms with Crippen molar-refractivity contribution in [2.45, 2.75) is 59.0 Å². The van der Waals surface area contributed by atoms with Gasteiger partial charge < -0.3 is 21.3 Å². The lowest BCUT2D eigenvalue weighted by Gasteiger charge is -2.33. The van der Waals surface area contributed by atoms with Crippen molar-refractivity contribution >= 4 is 23.5 Å². The fraction of sp³-hybridized carbons (Fsp3) is 0.550. The van der Waals surface area contributed by atoms with Crippen LogP contribution in [0.4, 0.5) is 10.5 Å². The molecule has 0 unspecified atom stereocenters. The number of piperidine rings is 1. The van der Waals surface area contributed by atoms with Crippen LogP contribution in [0.3, 0.4) is 0 Å². The third-order valence-corrected chi connectivity index (χ3v) is 4.88. The fourth-order valence-corrected chi connectivity index (χ4v) is 3.27. The first kappa shape index (κ1) is 20.7. The zero-order valence-corrected chi connectivity index (χ0v) is 16.5. The highest BCUT2D eigenvalue weighted by Crippen LogP contribution is 2.21. The molecule has 148 valence electrons. The van der Waals surface area contributed by atoms with E-state index in [0.29, 0.717) is 11.3 Å². The second-order valence-electron chi connectivity index (χ2n) is 8.22. The number of anilines is 1. The molecule has 0 spiro atoms. The van der Waals surface area contributed by atoms with E-state index in [9.17, 15) is 14.4 Å². The van der Waals surface area contributed by atoms with Crippen LogP contribution in [0.2, 0.25) is 0 Å². The number of hydrogen-bond donors (Lipinski definition) is 3. The third kappa shape index (κ3) is 5.45. The van der Waals surface area contributed by atoms with Crippen LogP contribution < -0.4 is 16.4 Å². The van der Waals surface area contributed by atoms with E-state index in [0.717, 1.165) is 25.8 Å². The molecule has 4 amide bonds. The molecule has 1 aromatic rings. The van der Waals surface area contributed by atoms with Gasteiger partial charge >= 0.3 is 6.03 Å². The monoisotopic (exact) mass is 374 g/mol. The maximum absolute atomic E-state index is 12.6. The first-order chi connectivity index (χ1) is 12.6. The van der Waals surface area contributed by atoms with Gasteiger partial charge in [0.1, 0.15) is 6.04 Å². The molecule has 1 saturated heterocycles. The second kappa shape index (κ2) is 8.41. The van der Waals surface area contributed by atoms with E-state index in [-0.39, 0.29) is 11.9 Å². The summed E-state index contributed by atoms with van der Waals surface area (Å²) in [6.45, 7) is 8.32. The molecule has 1 aromatic carbocycles. The number of likely N-dealkylation sites (tertiary alicyclic amines) is 1. The van der Waals surface area contributed by atoms with Gasteiger partial charge in [-0.1, -0.05) is 20.8 Å². The average molecular weight is 374 g/mol. The minimum absolute atomic E-state index is 0.0136. The quantitative estimate of drug-likeness (QED) is 0.754. The van der Waals surface area contributed by atoms with Crippen LogP contribution in [0.15, 0.2) is 24.3 Å². The molecular formula is C20H30N4O3. The zero-order chi connectivity index (χ0) is 20.2. The van der Waals surface area contributed by atoms with E-state index in [1.54, 1.807) is 24.3 Å². The molecule has 0 aliphatic carbocycles.